The predicted molar refractivity (Wildman–Crippen MR) is 136 cm³/mol. The number of aliphatic imine (C=N–C) groups is 2. The minimum absolute atomic E-state index is 0.0623. The Hall–Kier alpha value is -4.68. The molecule has 16 N–H and O–H groups in total. The molecule has 0 aliphatic heterocycles. The lowest BCUT2D eigenvalue weighted by atomic mass is 10.1. The number of nitrogens with one attached hydrogen (secondary N) is 3. The zero-order chi connectivity index (χ0) is 30.1. The number of carbonyl (C=O) groups is 6. The number of nitrogens with zero attached hydrogens (tertiary/aromatic N) is 2. The summed E-state index contributed by atoms with van der Waals surface area (Å²) in [5, 5.41) is 33.6. The van der Waals surface area contributed by atoms with Gasteiger partial charge in [-0.2, -0.15) is 0 Å². The summed E-state index contributed by atoms with van der Waals surface area (Å²) in [6, 6.07) is -6.10. The number of hydrogen-bond acceptors (Lipinski definition) is 9. The van der Waals surface area contributed by atoms with Crippen molar-refractivity contribution in [1.82, 2.24) is 16.0 Å². The first-order valence-electron chi connectivity index (χ1n) is 11.6. The van der Waals surface area contributed by atoms with E-state index in [4.69, 9.17) is 44.0 Å². The number of aliphatic carboxylic acids is 3. The van der Waals surface area contributed by atoms with Crippen molar-refractivity contribution in [2.75, 3.05) is 13.1 Å². The van der Waals surface area contributed by atoms with Crippen LogP contribution in [0.1, 0.15) is 38.5 Å². The molecule has 0 saturated heterocycles. The first-order chi connectivity index (χ1) is 18.1. The van der Waals surface area contributed by atoms with E-state index in [0.717, 1.165) is 0 Å². The van der Waals surface area contributed by atoms with Gasteiger partial charge in [-0.25, -0.2) is 4.79 Å². The molecule has 0 aromatic heterocycles. The van der Waals surface area contributed by atoms with Crippen LogP contribution < -0.4 is 44.6 Å². The fourth-order valence-electron chi connectivity index (χ4n) is 3.00. The molecule has 0 rings (SSSR count). The van der Waals surface area contributed by atoms with Crippen LogP contribution in [0.2, 0.25) is 0 Å². The van der Waals surface area contributed by atoms with Crippen LogP contribution in [0.3, 0.4) is 0 Å². The van der Waals surface area contributed by atoms with Crippen molar-refractivity contribution in [3.05, 3.63) is 0 Å². The molecule has 4 unspecified atom stereocenters. The van der Waals surface area contributed by atoms with Gasteiger partial charge in [0.25, 0.3) is 0 Å². The molecular weight excluding hydrogens is 524 g/mol. The molecule has 0 aromatic carbocycles. The van der Waals surface area contributed by atoms with E-state index in [2.05, 4.69) is 20.6 Å². The van der Waals surface area contributed by atoms with E-state index in [1.807, 2.05) is 5.32 Å². The smallest absolute Gasteiger partial charge is 0.326 e. The quantitative estimate of drug-likeness (QED) is 0.0400. The van der Waals surface area contributed by atoms with Crippen molar-refractivity contribution in [1.29, 1.82) is 0 Å². The van der Waals surface area contributed by atoms with E-state index in [0.29, 0.717) is 6.42 Å². The Bertz CT molecular complexity index is 948. The molecule has 3 amide bonds. The Morgan fingerprint density at radius 2 is 1.03 bits per heavy atom. The van der Waals surface area contributed by atoms with Gasteiger partial charge in [0.1, 0.15) is 18.1 Å². The number of guanidine groups is 2. The highest BCUT2D eigenvalue weighted by Crippen LogP contribution is 2.05. The molecule has 0 aliphatic carbocycles. The predicted octanol–water partition coefficient (Wildman–Crippen LogP) is -5.09. The van der Waals surface area contributed by atoms with Gasteiger partial charge in [0.2, 0.25) is 17.7 Å². The molecule has 0 fully saturated rings. The van der Waals surface area contributed by atoms with Crippen LogP contribution >= 0.6 is 0 Å². The molecule has 0 aliphatic rings. The van der Waals surface area contributed by atoms with Crippen LogP contribution in [0.5, 0.6) is 0 Å². The molecule has 0 spiro atoms. The van der Waals surface area contributed by atoms with Crippen LogP contribution in [0.25, 0.3) is 0 Å². The lowest BCUT2D eigenvalue weighted by molar-refractivity contribution is -0.148. The van der Waals surface area contributed by atoms with E-state index in [-0.39, 0.29) is 44.3 Å². The van der Waals surface area contributed by atoms with Gasteiger partial charge < -0.3 is 59.9 Å². The number of amides is 3. The first kappa shape index (κ1) is 34.3. The standard InChI is InChI=1S/C20H36N10O9/c21-9(3-1-5-26-19(22)23)15(35)28-10(4-2-6-27-20(24)25)16(36)29-11(7-13(31)32)17(37)30-12(18(38)39)8-14(33)34/h9-12H,1-8,21H2,(H,28,35)(H,29,36)(H,30,37)(H,31,32)(H,33,34)(H,38,39)(H4,22,23,26)(H4,24,25,27). The molecule has 0 radical (unpaired) electrons. The van der Waals surface area contributed by atoms with E-state index in [1.54, 1.807) is 0 Å². The van der Waals surface area contributed by atoms with Crippen molar-refractivity contribution < 1.29 is 44.1 Å². The fraction of sp³-hybridized carbons (Fsp3) is 0.600. The number of hydrogen-bond donors (Lipinski definition) is 11. The van der Waals surface area contributed by atoms with Crippen LogP contribution in [-0.4, -0.2) is 100 Å². The molecule has 0 heterocycles. The normalized spacial score (nSPS) is 13.5. The third kappa shape index (κ3) is 15.9. The molecule has 39 heavy (non-hydrogen) atoms. The van der Waals surface area contributed by atoms with E-state index in [9.17, 15) is 28.8 Å². The number of carbonyl (C=O) groups excluding carboxylic acids is 3. The molecule has 19 heteroatoms. The van der Waals surface area contributed by atoms with Crippen molar-refractivity contribution in [3.8, 4) is 0 Å². The topological polar surface area (TPSA) is 354 Å². The Kier molecular flexibility index (Phi) is 15.6. The van der Waals surface area contributed by atoms with Gasteiger partial charge in [-0.3, -0.25) is 34.0 Å². The summed E-state index contributed by atoms with van der Waals surface area (Å²) in [4.78, 5) is 79.1. The summed E-state index contributed by atoms with van der Waals surface area (Å²) >= 11 is 0. The van der Waals surface area contributed by atoms with Gasteiger partial charge in [0.15, 0.2) is 11.9 Å². The SMILES string of the molecule is NC(N)=NCCCC(N)C(=O)NC(CCCN=C(N)N)C(=O)NC(CC(=O)O)C(=O)NC(CC(=O)O)C(=O)O. The highest BCUT2D eigenvalue weighted by Gasteiger charge is 2.32. The Labute approximate surface area is 222 Å². The Morgan fingerprint density at radius 1 is 0.615 bits per heavy atom. The highest BCUT2D eigenvalue weighted by molar-refractivity contribution is 5.96. The summed E-state index contributed by atoms with van der Waals surface area (Å²) in [5.74, 6) is -8.11. The average Bonchev–Trinajstić information content (AvgIpc) is 2.81. The van der Waals surface area contributed by atoms with Gasteiger partial charge >= 0.3 is 17.9 Å². The molecule has 220 valence electrons. The van der Waals surface area contributed by atoms with Crippen LogP contribution in [-0.2, 0) is 28.8 Å². The monoisotopic (exact) mass is 560 g/mol. The van der Waals surface area contributed by atoms with Crippen LogP contribution in [0.4, 0.5) is 0 Å². The van der Waals surface area contributed by atoms with Crippen LogP contribution in [0.15, 0.2) is 9.98 Å². The third-order valence-corrected chi connectivity index (χ3v) is 4.89. The second-order valence-electron chi connectivity index (χ2n) is 8.22. The van der Waals surface area contributed by atoms with Gasteiger partial charge in [-0.15, -0.1) is 0 Å². The summed E-state index contributed by atoms with van der Waals surface area (Å²) in [7, 11) is 0. The molecule has 0 aromatic rings. The maximum absolute atomic E-state index is 13.0. The fourth-order valence-corrected chi connectivity index (χ4v) is 3.00. The van der Waals surface area contributed by atoms with Gasteiger partial charge in [-0.1, -0.05) is 0 Å². The van der Waals surface area contributed by atoms with Crippen molar-refractivity contribution in [2.24, 2.45) is 38.7 Å². The second-order valence-corrected chi connectivity index (χ2v) is 8.22. The van der Waals surface area contributed by atoms with Crippen molar-refractivity contribution >= 4 is 47.5 Å². The van der Waals surface area contributed by atoms with E-state index >= 15 is 0 Å². The lowest BCUT2D eigenvalue weighted by Gasteiger charge is -2.24. The van der Waals surface area contributed by atoms with E-state index in [1.165, 1.54) is 0 Å². The third-order valence-electron chi connectivity index (χ3n) is 4.89. The van der Waals surface area contributed by atoms with Gasteiger partial charge in [-0.05, 0) is 25.7 Å². The summed E-state index contributed by atoms with van der Waals surface area (Å²) in [5.41, 5.74) is 26.8. The Morgan fingerprint density at radius 3 is 1.49 bits per heavy atom. The molecule has 4 atom stereocenters. The van der Waals surface area contributed by atoms with Crippen molar-refractivity contribution in [3.63, 3.8) is 0 Å². The number of nitrogens with two attached hydrogens (primary N) is 5. The zero-order valence-electron chi connectivity index (χ0n) is 21.0. The zero-order valence-corrected chi connectivity index (χ0v) is 21.0. The molecule has 0 bridgehead atoms. The summed E-state index contributed by atoms with van der Waals surface area (Å²) < 4.78 is 0. The lowest BCUT2D eigenvalue weighted by Crippen LogP contribution is -2.57. The summed E-state index contributed by atoms with van der Waals surface area (Å²) in [6.07, 6.45) is -1.38. The maximum atomic E-state index is 13.0. The first-order valence-corrected chi connectivity index (χ1v) is 11.6. The van der Waals surface area contributed by atoms with Crippen LogP contribution in [0, 0.1) is 0 Å². The van der Waals surface area contributed by atoms with Gasteiger partial charge in [0, 0.05) is 13.1 Å². The van der Waals surface area contributed by atoms with E-state index < -0.39 is 72.6 Å². The number of carboxylic acids is 3. The molecular formula is C20H36N10O9. The maximum Gasteiger partial charge on any atom is 0.326 e. The number of carboxylic acid groups (broad SMARTS) is 3. The van der Waals surface area contributed by atoms with Crippen molar-refractivity contribution in [2.45, 2.75) is 62.7 Å². The minimum atomic E-state index is -1.89. The summed E-state index contributed by atoms with van der Waals surface area (Å²) in [6.45, 7) is 0.276. The second kappa shape index (κ2) is 17.7. The van der Waals surface area contributed by atoms with Gasteiger partial charge in [0.05, 0.1) is 18.9 Å². The molecule has 19 nitrogen and oxygen atoms in total. The minimum Gasteiger partial charge on any atom is -0.481 e. The highest BCUT2D eigenvalue weighted by atomic mass is 16.4. The molecule has 0 saturated carbocycles. The Balaban J connectivity index is 5.61. The number of rotatable bonds is 19. The largest absolute Gasteiger partial charge is 0.481 e. The average molecular weight is 561 g/mol.